The van der Waals surface area contributed by atoms with Crippen LogP contribution >= 0.6 is 0 Å². The Labute approximate surface area is 167 Å². The van der Waals surface area contributed by atoms with E-state index in [2.05, 4.69) is 5.32 Å². The zero-order valence-corrected chi connectivity index (χ0v) is 15.5. The smallest absolute Gasteiger partial charge is 0.342 e. The van der Waals surface area contributed by atoms with Crippen molar-refractivity contribution in [3.05, 3.63) is 64.9 Å². The number of aromatic hydroxyl groups is 1. The lowest BCUT2D eigenvalue weighted by Gasteiger charge is -2.17. The summed E-state index contributed by atoms with van der Waals surface area (Å²) >= 11 is 0. The van der Waals surface area contributed by atoms with Crippen LogP contribution in [0.3, 0.4) is 0 Å². The highest BCUT2D eigenvalue weighted by molar-refractivity contribution is 5.96. The molecule has 0 bridgehead atoms. The van der Waals surface area contributed by atoms with Crippen molar-refractivity contribution in [2.45, 2.75) is 13.5 Å². The Balaban J connectivity index is 2.56. The first kappa shape index (κ1) is 20.8. The monoisotopic (exact) mass is 388 g/mol. The fraction of sp³-hybridized carbons (Fsp3) is 0.143. The summed E-state index contributed by atoms with van der Waals surface area (Å²) in [4.78, 5) is 12.2. The summed E-state index contributed by atoms with van der Waals surface area (Å²) in [6.07, 6.45) is 1.08. The zero-order chi connectivity index (χ0) is 21.2. The van der Waals surface area contributed by atoms with Gasteiger partial charge in [-0.3, -0.25) is 0 Å². The van der Waals surface area contributed by atoms with E-state index in [0.717, 1.165) is 17.8 Å². The van der Waals surface area contributed by atoms with Crippen LogP contribution in [-0.4, -0.2) is 17.7 Å². The third kappa shape index (κ3) is 5.03. The number of hydrogen-bond acceptors (Lipinski definition) is 8. The van der Waals surface area contributed by atoms with Crippen LogP contribution in [0.15, 0.2) is 48.2 Å². The fourth-order valence-electron chi connectivity index (χ4n) is 2.35. The number of carbonyl (C=O) groups is 1. The molecule has 2 rings (SSSR count). The molecule has 0 aliphatic rings. The normalized spacial score (nSPS) is 9.31. The largest absolute Gasteiger partial charge is 0.504 e. The first-order valence-corrected chi connectivity index (χ1v) is 8.46. The summed E-state index contributed by atoms with van der Waals surface area (Å²) in [5, 5.41) is 40.6. The van der Waals surface area contributed by atoms with E-state index in [4.69, 9.17) is 20.0 Å². The van der Waals surface area contributed by atoms with E-state index >= 15 is 0 Å². The van der Waals surface area contributed by atoms with Gasteiger partial charge in [0.15, 0.2) is 11.5 Å². The van der Waals surface area contributed by atoms with Crippen molar-refractivity contribution >= 4 is 11.7 Å². The summed E-state index contributed by atoms with van der Waals surface area (Å²) in [6, 6.07) is 15.4. The van der Waals surface area contributed by atoms with Crippen LogP contribution in [0.5, 0.6) is 11.5 Å². The predicted molar refractivity (Wildman–Crippen MR) is 102 cm³/mol. The minimum atomic E-state index is -0.817. The summed E-state index contributed by atoms with van der Waals surface area (Å²) < 4.78 is 10.6. The second kappa shape index (κ2) is 10.0. The van der Waals surface area contributed by atoms with E-state index in [1.165, 1.54) is 0 Å². The molecule has 2 aromatic carbocycles. The second-order valence-electron chi connectivity index (χ2n) is 5.56. The molecule has 29 heavy (non-hydrogen) atoms. The molecule has 0 aliphatic heterocycles. The van der Waals surface area contributed by atoms with Crippen LogP contribution in [0.25, 0.3) is 0 Å². The van der Waals surface area contributed by atoms with Crippen molar-refractivity contribution in [1.82, 2.24) is 0 Å². The van der Waals surface area contributed by atoms with Gasteiger partial charge < -0.3 is 19.9 Å². The number of rotatable bonds is 7. The van der Waals surface area contributed by atoms with Gasteiger partial charge in [-0.15, -0.1) is 0 Å². The van der Waals surface area contributed by atoms with Crippen molar-refractivity contribution in [3.63, 3.8) is 0 Å². The highest BCUT2D eigenvalue weighted by atomic mass is 16.5. The number of carbonyl (C=O) groups excluding carboxylic acids is 1. The molecule has 0 saturated carbocycles. The first-order valence-electron chi connectivity index (χ1n) is 8.46. The first-order chi connectivity index (χ1) is 14.0. The maximum atomic E-state index is 12.2. The van der Waals surface area contributed by atoms with Crippen LogP contribution in [0.2, 0.25) is 0 Å². The second-order valence-corrected chi connectivity index (χ2v) is 5.56. The third-order valence-corrected chi connectivity index (χ3v) is 3.70. The number of nitriles is 3. The van der Waals surface area contributed by atoms with Gasteiger partial charge in [-0.25, -0.2) is 4.79 Å². The van der Waals surface area contributed by atoms with Gasteiger partial charge in [-0.2, -0.15) is 15.8 Å². The van der Waals surface area contributed by atoms with Crippen molar-refractivity contribution < 1.29 is 19.4 Å². The van der Waals surface area contributed by atoms with Gasteiger partial charge in [-0.05, 0) is 18.6 Å². The predicted octanol–water partition coefficient (Wildman–Crippen LogP) is 3.36. The van der Waals surface area contributed by atoms with Gasteiger partial charge in [0.25, 0.3) is 0 Å². The topological polar surface area (TPSA) is 139 Å². The average Bonchev–Trinajstić information content (AvgIpc) is 2.74. The van der Waals surface area contributed by atoms with E-state index in [9.17, 15) is 15.2 Å². The number of phenolic OH excluding ortho intramolecular Hbond substituents is 1. The summed E-state index contributed by atoms with van der Waals surface area (Å²) in [7, 11) is 0. The molecule has 0 amide bonds. The Bertz CT molecular complexity index is 1040. The van der Waals surface area contributed by atoms with E-state index < -0.39 is 11.7 Å². The Morgan fingerprint density at radius 1 is 1.21 bits per heavy atom. The zero-order valence-electron chi connectivity index (χ0n) is 15.5. The molecule has 8 heteroatoms. The molecule has 8 nitrogen and oxygen atoms in total. The van der Waals surface area contributed by atoms with Crippen molar-refractivity contribution in [2.75, 3.05) is 11.9 Å². The summed E-state index contributed by atoms with van der Waals surface area (Å²) in [6.45, 7) is 1.73. The molecule has 0 saturated heterocycles. The number of hydrogen-bond donors (Lipinski definition) is 2. The van der Waals surface area contributed by atoms with Crippen LogP contribution < -0.4 is 10.1 Å². The fourth-order valence-corrected chi connectivity index (χ4v) is 2.35. The Kier molecular flexibility index (Phi) is 7.19. The highest BCUT2D eigenvalue weighted by Crippen LogP contribution is 2.41. The van der Waals surface area contributed by atoms with Crippen molar-refractivity contribution in [1.29, 1.82) is 15.8 Å². The minimum Gasteiger partial charge on any atom is -0.504 e. The van der Waals surface area contributed by atoms with Gasteiger partial charge in [0.2, 0.25) is 0 Å². The number of nitrogens with one attached hydrogen (secondary N) is 1. The van der Waals surface area contributed by atoms with Crippen LogP contribution in [0.1, 0.15) is 28.4 Å². The van der Waals surface area contributed by atoms with Gasteiger partial charge in [0.1, 0.15) is 41.6 Å². The molecule has 0 heterocycles. The van der Waals surface area contributed by atoms with Gasteiger partial charge in [-0.1, -0.05) is 30.3 Å². The molecule has 144 valence electrons. The highest BCUT2D eigenvalue weighted by Gasteiger charge is 2.24. The molecule has 2 N–H and O–H groups in total. The molecular formula is C21H16N4O4. The minimum absolute atomic E-state index is 0.0111. The lowest BCUT2D eigenvalue weighted by atomic mass is 10.1. The molecule has 0 spiro atoms. The lowest BCUT2D eigenvalue weighted by molar-refractivity contribution is 0.0522. The molecule has 0 aromatic heterocycles. The number of ether oxygens (including phenoxy) is 2. The Morgan fingerprint density at radius 2 is 1.90 bits per heavy atom. The maximum absolute atomic E-state index is 12.2. The van der Waals surface area contributed by atoms with E-state index in [1.807, 2.05) is 24.3 Å². The number of allylic oxidation sites excluding steroid dienone is 1. The quantitative estimate of drug-likeness (QED) is 0.543. The molecule has 0 atom stereocenters. The molecule has 0 radical (unpaired) electrons. The Hall–Kier alpha value is -4.48. The summed E-state index contributed by atoms with van der Waals surface area (Å²) in [5.74, 6) is -1.52. The average molecular weight is 388 g/mol. The number of phenols is 1. The maximum Gasteiger partial charge on any atom is 0.342 e. The van der Waals surface area contributed by atoms with Crippen molar-refractivity contribution in [2.24, 2.45) is 0 Å². The third-order valence-electron chi connectivity index (χ3n) is 3.70. The van der Waals surface area contributed by atoms with Crippen molar-refractivity contribution in [3.8, 4) is 29.7 Å². The van der Waals surface area contributed by atoms with Gasteiger partial charge >= 0.3 is 5.97 Å². The molecule has 0 unspecified atom stereocenters. The lowest BCUT2D eigenvalue weighted by Crippen LogP contribution is -2.09. The van der Waals surface area contributed by atoms with E-state index in [-0.39, 0.29) is 41.4 Å². The van der Waals surface area contributed by atoms with Crippen LogP contribution in [0, 0.1) is 34.0 Å². The van der Waals surface area contributed by atoms with Crippen LogP contribution in [0.4, 0.5) is 5.69 Å². The number of anilines is 1. The Morgan fingerprint density at radius 3 is 2.48 bits per heavy atom. The van der Waals surface area contributed by atoms with Crippen LogP contribution in [-0.2, 0) is 11.3 Å². The molecule has 0 aliphatic carbocycles. The number of nitrogens with zero attached hydrogens (tertiary/aromatic N) is 3. The van der Waals surface area contributed by atoms with E-state index in [1.54, 1.807) is 31.2 Å². The molecule has 2 aromatic rings. The van der Waals surface area contributed by atoms with Gasteiger partial charge in [0, 0.05) is 6.20 Å². The van der Waals surface area contributed by atoms with E-state index in [0.29, 0.717) is 0 Å². The SMILES string of the molecule is CCOC(=O)c1cc(C#N)c(NC=C(C#N)C#N)c(OCc2ccccc2)c1O. The molecule has 0 fully saturated rings. The number of benzene rings is 2. The standard InChI is InChI=1S/C21H16N4O4/c1-2-28-21(27)17-8-16(11-24)18(25-12-15(9-22)10-23)20(19(17)26)29-13-14-6-4-3-5-7-14/h3-8,12,25-26H,2,13H2,1H3. The molecular weight excluding hydrogens is 372 g/mol. The van der Waals surface area contributed by atoms with Gasteiger partial charge in [0.05, 0.1) is 12.2 Å². The number of esters is 1. The summed E-state index contributed by atoms with van der Waals surface area (Å²) in [5.41, 5.74) is 0.263.